The molecule has 0 atom stereocenters. The fraction of sp³-hybridized carbons (Fsp3) is 0.231. The fourth-order valence-electron chi connectivity index (χ4n) is 1.78. The van der Waals surface area contributed by atoms with Crippen molar-refractivity contribution in [3.8, 4) is 5.75 Å². The molecular weight excluding hydrogens is 294 g/mol. The maximum Gasteiger partial charge on any atom is 0.339 e. The van der Waals surface area contributed by atoms with Crippen LogP contribution in [0.3, 0.4) is 0 Å². The van der Waals surface area contributed by atoms with Crippen molar-refractivity contribution < 1.29 is 19.8 Å². The number of aromatic nitrogens is 2. The van der Waals surface area contributed by atoms with Crippen molar-refractivity contribution in [1.29, 1.82) is 0 Å². The molecule has 0 spiro atoms. The van der Waals surface area contributed by atoms with E-state index in [2.05, 4.69) is 14.9 Å². The number of aryl methyl sites for hydroxylation is 1. The van der Waals surface area contributed by atoms with E-state index in [0.29, 0.717) is 17.0 Å². The molecule has 7 nitrogen and oxygen atoms in total. The van der Waals surface area contributed by atoms with Crippen molar-refractivity contribution in [2.45, 2.75) is 19.8 Å². The maximum atomic E-state index is 12.2. The van der Waals surface area contributed by atoms with Crippen molar-refractivity contribution in [2.24, 2.45) is 0 Å². The van der Waals surface area contributed by atoms with E-state index in [0.717, 1.165) is 18.0 Å². The first kappa shape index (κ1) is 14.9. The van der Waals surface area contributed by atoms with Crippen LogP contribution in [0.1, 0.15) is 39.1 Å². The number of aromatic hydroxyl groups is 1. The van der Waals surface area contributed by atoms with Gasteiger partial charge >= 0.3 is 5.97 Å². The summed E-state index contributed by atoms with van der Waals surface area (Å²) in [5.41, 5.74) is 0.355. The van der Waals surface area contributed by atoms with Gasteiger partial charge in [0.05, 0.1) is 11.4 Å². The predicted octanol–water partition coefficient (Wildman–Crippen LogP) is 2.15. The lowest BCUT2D eigenvalue weighted by Crippen LogP contribution is -2.13. The molecule has 0 unspecified atom stereocenters. The summed E-state index contributed by atoms with van der Waals surface area (Å²) >= 11 is 0.962. The number of hydrogen-bond acceptors (Lipinski definition) is 6. The molecule has 0 saturated heterocycles. The number of nitrogens with one attached hydrogen (secondary N) is 1. The highest BCUT2D eigenvalue weighted by Gasteiger charge is 2.19. The number of carboxylic acid groups (broad SMARTS) is 1. The van der Waals surface area contributed by atoms with Crippen molar-refractivity contribution in [3.63, 3.8) is 0 Å². The molecule has 1 aromatic heterocycles. The number of benzene rings is 1. The summed E-state index contributed by atoms with van der Waals surface area (Å²) in [6, 6.07) is 4.12. The van der Waals surface area contributed by atoms with Gasteiger partial charge in [-0.3, -0.25) is 4.79 Å². The van der Waals surface area contributed by atoms with Crippen molar-refractivity contribution in [1.82, 2.24) is 9.59 Å². The molecular formula is C13H13N3O4S. The lowest BCUT2D eigenvalue weighted by molar-refractivity contribution is 0.0693. The van der Waals surface area contributed by atoms with Crippen LogP contribution < -0.4 is 5.32 Å². The van der Waals surface area contributed by atoms with Gasteiger partial charge in [-0.15, -0.1) is 5.10 Å². The molecule has 3 N–H and O–H groups in total. The van der Waals surface area contributed by atoms with Crippen LogP contribution in [0.15, 0.2) is 18.2 Å². The van der Waals surface area contributed by atoms with Crippen LogP contribution in [0.2, 0.25) is 0 Å². The van der Waals surface area contributed by atoms with Gasteiger partial charge in [0.25, 0.3) is 5.91 Å². The van der Waals surface area contributed by atoms with Gasteiger partial charge in [-0.25, -0.2) is 4.79 Å². The normalized spacial score (nSPS) is 10.3. The summed E-state index contributed by atoms with van der Waals surface area (Å²) in [5.74, 6) is -2.21. The summed E-state index contributed by atoms with van der Waals surface area (Å²) in [6.45, 7) is 1.96. The fourth-order valence-corrected chi connectivity index (χ4v) is 2.38. The van der Waals surface area contributed by atoms with E-state index in [1.54, 1.807) is 0 Å². The number of nitrogens with zero attached hydrogens (tertiary/aromatic N) is 2. The van der Waals surface area contributed by atoms with E-state index in [1.807, 2.05) is 6.92 Å². The van der Waals surface area contributed by atoms with Crippen LogP contribution in [0.5, 0.6) is 5.75 Å². The van der Waals surface area contributed by atoms with Gasteiger partial charge in [-0.1, -0.05) is 23.9 Å². The minimum Gasteiger partial charge on any atom is -0.505 e. The first-order valence-electron chi connectivity index (χ1n) is 6.22. The van der Waals surface area contributed by atoms with Gasteiger partial charge in [0, 0.05) is 0 Å². The Labute approximate surface area is 124 Å². The first-order valence-corrected chi connectivity index (χ1v) is 6.99. The molecule has 0 fully saturated rings. The van der Waals surface area contributed by atoms with Crippen LogP contribution in [0.25, 0.3) is 0 Å². The summed E-state index contributed by atoms with van der Waals surface area (Å²) in [6.07, 6.45) is 1.45. The highest BCUT2D eigenvalue weighted by atomic mass is 32.1. The van der Waals surface area contributed by atoms with Crippen LogP contribution in [0.4, 0.5) is 5.69 Å². The number of carbonyl (C=O) groups excluding carboxylic acids is 1. The number of anilines is 1. The maximum absolute atomic E-state index is 12.2. The van der Waals surface area contributed by atoms with E-state index in [4.69, 9.17) is 5.11 Å². The molecule has 0 saturated carbocycles. The molecule has 0 radical (unpaired) electrons. The smallest absolute Gasteiger partial charge is 0.339 e. The number of aromatic carboxylic acids is 1. The zero-order valence-corrected chi connectivity index (χ0v) is 12.0. The van der Waals surface area contributed by atoms with Crippen LogP contribution in [-0.2, 0) is 6.42 Å². The van der Waals surface area contributed by atoms with Crippen LogP contribution in [0, 0.1) is 0 Å². The second-order valence-electron chi connectivity index (χ2n) is 4.26. The highest BCUT2D eigenvalue weighted by Crippen LogP contribution is 2.28. The number of rotatable bonds is 5. The van der Waals surface area contributed by atoms with E-state index in [1.165, 1.54) is 18.2 Å². The number of para-hydroxylation sites is 1. The van der Waals surface area contributed by atoms with Crippen molar-refractivity contribution >= 4 is 29.1 Å². The molecule has 1 aromatic carbocycles. The molecule has 0 bridgehead atoms. The third-order valence-electron chi connectivity index (χ3n) is 2.76. The Morgan fingerprint density at radius 3 is 2.81 bits per heavy atom. The Morgan fingerprint density at radius 1 is 1.38 bits per heavy atom. The molecule has 1 amide bonds. The minimum absolute atomic E-state index is 0.0377. The van der Waals surface area contributed by atoms with Crippen molar-refractivity contribution in [2.75, 3.05) is 5.32 Å². The third-order valence-corrected chi connectivity index (χ3v) is 3.53. The van der Waals surface area contributed by atoms with Crippen LogP contribution in [-0.4, -0.2) is 31.7 Å². The SMILES string of the molecule is CCCc1nnsc1C(=O)Nc1cccc(C(=O)O)c1O. The Hall–Kier alpha value is -2.48. The number of carbonyl (C=O) groups is 2. The van der Waals surface area contributed by atoms with Crippen molar-refractivity contribution in [3.05, 3.63) is 34.3 Å². The molecule has 0 aliphatic carbocycles. The number of phenols is 1. The quantitative estimate of drug-likeness (QED) is 0.730. The largest absolute Gasteiger partial charge is 0.505 e. The van der Waals surface area contributed by atoms with E-state index in [9.17, 15) is 14.7 Å². The average molecular weight is 307 g/mol. The summed E-state index contributed by atoms with van der Waals surface area (Å²) in [5, 5.41) is 25.2. The number of carboxylic acids is 1. The van der Waals surface area contributed by atoms with Gasteiger partial charge < -0.3 is 15.5 Å². The summed E-state index contributed by atoms with van der Waals surface area (Å²) in [7, 11) is 0. The Kier molecular flexibility index (Phi) is 4.49. The topological polar surface area (TPSA) is 112 Å². The third kappa shape index (κ3) is 3.16. The highest BCUT2D eigenvalue weighted by molar-refractivity contribution is 7.08. The molecule has 1 heterocycles. The number of amides is 1. The van der Waals surface area contributed by atoms with Gasteiger partial charge in [0.15, 0.2) is 5.75 Å². The standard InChI is InChI=1S/C13H13N3O4S/c1-2-4-9-11(21-16-15-9)12(18)14-8-6-3-5-7(10(8)17)13(19)20/h3,5-6,17H,2,4H2,1H3,(H,14,18)(H,19,20). The zero-order valence-electron chi connectivity index (χ0n) is 11.2. The van der Waals surface area contributed by atoms with E-state index >= 15 is 0 Å². The minimum atomic E-state index is -1.27. The molecule has 2 aromatic rings. The molecule has 110 valence electrons. The molecule has 21 heavy (non-hydrogen) atoms. The number of hydrogen-bond donors (Lipinski definition) is 3. The summed E-state index contributed by atoms with van der Waals surface area (Å²) in [4.78, 5) is 23.5. The Morgan fingerprint density at radius 2 is 2.14 bits per heavy atom. The molecule has 0 aliphatic heterocycles. The molecule has 2 rings (SSSR count). The van der Waals surface area contributed by atoms with E-state index in [-0.39, 0.29) is 11.3 Å². The first-order chi connectivity index (χ1) is 10.0. The average Bonchev–Trinajstić information content (AvgIpc) is 2.89. The molecule has 8 heteroatoms. The van der Waals surface area contributed by atoms with Gasteiger partial charge in [0.1, 0.15) is 10.4 Å². The lowest BCUT2D eigenvalue weighted by Gasteiger charge is -2.08. The second kappa shape index (κ2) is 6.31. The van der Waals surface area contributed by atoms with Gasteiger partial charge in [-0.2, -0.15) is 0 Å². The summed E-state index contributed by atoms with van der Waals surface area (Å²) < 4.78 is 3.75. The molecule has 0 aliphatic rings. The zero-order chi connectivity index (χ0) is 15.4. The van der Waals surface area contributed by atoms with Gasteiger partial charge in [-0.05, 0) is 30.1 Å². The van der Waals surface area contributed by atoms with Crippen LogP contribution >= 0.6 is 11.5 Å². The Bertz CT molecular complexity index is 684. The Balaban J connectivity index is 2.26. The monoisotopic (exact) mass is 307 g/mol. The second-order valence-corrected chi connectivity index (χ2v) is 5.01. The predicted molar refractivity (Wildman–Crippen MR) is 76.9 cm³/mol. The van der Waals surface area contributed by atoms with E-state index < -0.39 is 17.6 Å². The van der Waals surface area contributed by atoms with Gasteiger partial charge in [0.2, 0.25) is 0 Å². The lowest BCUT2D eigenvalue weighted by atomic mass is 10.1.